The van der Waals surface area contributed by atoms with E-state index in [2.05, 4.69) is 5.32 Å². The fourth-order valence-electron chi connectivity index (χ4n) is 4.59. The summed E-state index contributed by atoms with van der Waals surface area (Å²) in [5.41, 5.74) is -0.105. The predicted octanol–water partition coefficient (Wildman–Crippen LogP) is 5.94. The van der Waals surface area contributed by atoms with E-state index in [-0.39, 0.29) is 23.5 Å². The van der Waals surface area contributed by atoms with E-state index < -0.39 is 46.2 Å². The van der Waals surface area contributed by atoms with Gasteiger partial charge in [-0.05, 0) is 53.6 Å². The predicted molar refractivity (Wildman–Crippen MR) is 162 cm³/mol. The Morgan fingerprint density at radius 3 is 2.05 bits per heavy atom. The first kappa shape index (κ1) is 32.6. The van der Waals surface area contributed by atoms with Crippen LogP contribution in [-0.4, -0.2) is 44.8 Å². The van der Waals surface area contributed by atoms with Crippen LogP contribution in [0.5, 0.6) is 0 Å². The molecule has 12 heteroatoms. The Balaban J connectivity index is 1.81. The normalized spacial score (nSPS) is 12.3. The summed E-state index contributed by atoms with van der Waals surface area (Å²) in [4.78, 5) is 28.5. The van der Waals surface area contributed by atoms with Gasteiger partial charge >= 0.3 is 6.18 Å². The molecule has 0 saturated carbocycles. The maximum absolute atomic E-state index is 14.2. The molecule has 7 nitrogen and oxygen atoms in total. The topological polar surface area (TPSA) is 86.8 Å². The van der Waals surface area contributed by atoms with Crippen LogP contribution >= 0.6 is 11.6 Å². The molecule has 0 radical (unpaired) electrons. The van der Waals surface area contributed by atoms with Crippen LogP contribution in [0.3, 0.4) is 0 Å². The van der Waals surface area contributed by atoms with Crippen LogP contribution in [-0.2, 0) is 38.8 Å². The van der Waals surface area contributed by atoms with Gasteiger partial charge in [0.1, 0.15) is 12.6 Å². The second kappa shape index (κ2) is 14.0. The van der Waals surface area contributed by atoms with E-state index in [0.717, 1.165) is 17.7 Å². The van der Waals surface area contributed by atoms with Crippen LogP contribution in [0.2, 0.25) is 5.02 Å². The third-order valence-corrected chi connectivity index (χ3v) is 8.90. The number of hydrogen-bond acceptors (Lipinski definition) is 4. The van der Waals surface area contributed by atoms with Gasteiger partial charge in [0.15, 0.2) is 0 Å². The Hall–Kier alpha value is -4.35. The smallest absolute Gasteiger partial charge is 0.357 e. The maximum atomic E-state index is 14.2. The average Bonchev–Trinajstić information content (AvgIpc) is 3.02. The zero-order valence-electron chi connectivity index (χ0n) is 23.5. The number of likely N-dealkylation sites (N-methyl/N-ethyl adjacent to an activating group) is 1. The number of carbonyl (C=O) groups is 2. The van der Waals surface area contributed by atoms with Gasteiger partial charge in [-0.3, -0.25) is 13.9 Å². The third-order valence-electron chi connectivity index (χ3n) is 6.86. The van der Waals surface area contributed by atoms with Gasteiger partial charge < -0.3 is 10.2 Å². The fourth-order valence-corrected chi connectivity index (χ4v) is 6.15. The van der Waals surface area contributed by atoms with Crippen molar-refractivity contribution in [3.8, 4) is 0 Å². The average molecular weight is 644 g/mol. The van der Waals surface area contributed by atoms with Crippen molar-refractivity contribution in [2.24, 2.45) is 0 Å². The number of benzene rings is 4. The van der Waals surface area contributed by atoms with E-state index in [1.165, 1.54) is 42.3 Å². The molecule has 0 aromatic heterocycles. The van der Waals surface area contributed by atoms with Crippen LogP contribution in [0.25, 0.3) is 0 Å². The number of carbonyl (C=O) groups excluding carboxylic acids is 2. The van der Waals surface area contributed by atoms with E-state index in [0.29, 0.717) is 21.0 Å². The van der Waals surface area contributed by atoms with Crippen LogP contribution < -0.4 is 9.62 Å². The van der Waals surface area contributed by atoms with Crippen molar-refractivity contribution in [1.82, 2.24) is 10.2 Å². The summed E-state index contributed by atoms with van der Waals surface area (Å²) in [6.07, 6.45) is -4.67. The third kappa shape index (κ3) is 7.97. The first-order chi connectivity index (χ1) is 20.9. The van der Waals surface area contributed by atoms with Crippen molar-refractivity contribution in [2.75, 3.05) is 17.9 Å². The van der Waals surface area contributed by atoms with Crippen LogP contribution in [0, 0.1) is 0 Å². The molecule has 4 rings (SSSR count). The van der Waals surface area contributed by atoms with Crippen LogP contribution in [0.15, 0.2) is 114 Å². The summed E-state index contributed by atoms with van der Waals surface area (Å²) in [7, 11) is -3.12. The van der Waals surface area contributed by atoms with Crippen LogP contribution in [0.4, 0.5) is 18.9 Å². The van der Waals surface area contributed by atoms with Gasteiger partial charge in [-0.1, -0.05) is 78.3 Å². The highest BCUT2D eigenvalue weighted by molar-refractivity contribution is 7.92. The first-order valence-corrected chi connectivity index (χ1v) is 15.3. The minimum Gasteiger partial charge on any atom is -0.357 e. The zero-order chi connectivity index (χ0) is 31.9. The van der Waals surface area contributed by atoms with Crippen molar-refractivity contribution >= 4 is 39.1 Å². The van der Waals surface area contributed by atoms with Crippen molar-refractivity contribution in [3.05, 3.63) is 131 Å². The molecule has 0 bridgehead atoms. The Bertz CT molecular complexity index is 1690. The van der Waals surface area contributed by atoms with Crippen molar-refractivity contribution in [2.45, 2.75) is 30.1 Å². The number of halogens is 4. The Morgan fingerprint density at radius 1 is 0.841 bits per heavy atom. The summed E-state index contributed by atoms with van der Waals surface area (Å²) < 4.78 is 69.4. The number of amides is 2. The molecule has 0 aliphatic rings. The van der Waals surface area contributed by atoms with Crippen LogP contribution in [0.1, 0.15) is 16.7 Å². The molecule has 0 unspecified atom stereocenters. The summed E-state index contributed by atoms with van der Waals surface area (Å²) in [6, 6.07) is 25.2. The van der Waals surface area contributed by atoms with Gasteiger partial charge in [0.2, 0.25) is 11.8 Å². The molecule has 0 spiro atoms. The van der Waals surface area contributed by atoms with Gasteiger partial charge in [-0.2, -0.15) is 13.2 Å². The number of hydrogen-bond donors (Lipinski definition) is 1. The van der Waals surface area contributed by atoms with Gasteiger partial charge in [-0.15, -0.1) is 0 Å². The second-order valence-corrected chi connectivity index (χ2v) is 12.1. The molecule has 0 aliphatic heterocycles. The molecular weight excluding hydrogens is 615 g/mol. The molecule has 1 atom stereocenters. The summed E-state index contributed by atoms with van der Waals surface area (Å²) in [5.74, 6) is -1.31. The molecule has 44 heavy (non-hydrogen) atoms. The summed E-state index contributed by atoms with van der Waals surface area (Å²) in [6.45, 7) is -0.989. The lowest BCUT2D eigenvalue weighted by molar-refractivity contribution is -0.139. The van der Waals surface area contributed by atoms with E-state index in [1.807, 2.05) is 0 Å². The molecule has 230 valence electrons. The lowest BCUT2D eigenvalue weighted by Crippen LogP contribution is -2.53. The number of nitrogens with one attached hydrogen (secondary N) is 1. The number of sulfonamides is 1. The standard InChI is InChI=1S/C32H29ClF3N3O4S/c1-37-31(41)29(19-23-9-4-2-5-10-23)38(21-24-15-17-26(33)18-16-24)30(40)22-39(44(42,43)28-13-6-3-7-14-28)27-12-8-11-25(20-27)32(34,35)36/h2-18,20,29H,19,21-22H2,1H3,(H,37,41)/t29-/m1/s1. The molecule has 0 heterocycles. The van der Waals surface area contributed by atoms with Gasteiger partial charge in [-0.25, -0.2) is 8.42 Å². The Labute approximate surface area is 258 Å². The highest BCUT2D eigenvalue weighted by Gasteiger charge is 2.36. The molecule has 1 N–H and O–H groups in total. The molecule has 0 fully saturated rings. The lowest BCUT2D eigenvalue weighted by Gasteiger charge is -2.33. The zero-order valence-corrected chi connectivity index (χ0v) is 25.1. The largest absolute Gasteiger partial charge is 0.416 e. The Morgan fingerprint density at radius 2 is 1.45 bits per heavy atom. The quantitative estimate of drug-likeness (QED) is 0.219. The molecule has 4 aromatic rings. The summed E-state index contributed by atoms with van der Waals surface area (Å²) >= 11 is 6.05. The molecule has 2 amide bonds. The highest BCUT2D eigenvalue weighted by Crippen LogP contribution is 2.33. The van der Waals surface area contributed by atoms with Crippen molar-refractivity contribution < 1.29 is 31.2 Å². The molecule has 4 aromatic carbocycles. The molecule has 0 aliphatic carbocycles. The van der Waals surface area contributed by atoms with E-state index in [9.17, 15) is 31.2 Å². The maximum Gasteiger partial charge on any atom is 0.416 e. The second-order valence-electron chi connectivity index (χ2n) is 9.84. The number of alkyl halides is 3. The Kier molecular flexibility index (Phi) is 10.3. The highest BCUT2D eigenvalue weighted by atomic mass is 35.5. The van der Waals surface area contributed by atoms with Gasteiger partial charge in [0, 0.05) is 25.0 Å². The lowest BCUT2D eigenvalue weighted by atomic mass is 10.0. The van der Waals surface area contributed by atoms with Gasteiger partial charge in [0.05, 0.1) is 16.1 Å². The number of nitrogens with zero attached hydrogens (tertiary/aromatic N) is 2. The van der Waals surface area contributed by atoms with E-state index in [4.69, 9.17) is 11.6 Å². The van der Waals surface area contributed by atoms with Crippen molar-refractivity contribution in [3.63, 3.8) is 0 Å². The monoisotopic (exact) mass is 643 g/mol. The summed E-state index contributed by atoms with van der Waals surface area (Å²) in [5, 5.41) is 3.02. The number of anilines is 1. The van der Waals surface area contributed by atoms with Crippen molar-refractivity contribution in [1.29, 1.82) is 0 Å². The SMILES string of the molecule is CNC(=O)[C@@H](Cc1ccccc1)N(Cc1ccc(Cl)cc1)C(=O)CN(c1cccc(C(F)(F)F)c1)S(=O)(=O)c1ccccc1. The minimum atomic E-state index is -4.76. The molecular formula is C32H29ClF3N3O4S. The fraction of sp³-hybridized carbons (Fsp3) is 0.188. The minimum absolute atomic E-state index is 0.0921. The first-order valence-electron chi connectivity index (χ1n) is 13.4. The van der Waals surface area contributed by atoms with Gasteiger partial charge in [0.25, 0.3) is 10.0 Å². The number of rotatable bonds is 11. The van der Waals surface area contributed by atoms with E-state index in [1.54, 1.807) is 60.7 Å². The molecule has 0 saturated heterocycles. The van der Waals surface area contributed by atoms with E-state index >= 15 is 0 Å².